The molecule has 0 bridgehead atoms. The highest BCUT2D eigenvalue weighted by Gasteiger charge is 2.51. The van der Waals surface area contributed by atoms with E-state index in [1.807, 2.05) is 0 Å². The van der Waals surface area contributed by atoms with Gasteiger partial charge in [0.25, 0.3) is 17.7 Å². The van der Waals surface area contributed by atoms with Crippen molar-refractivity contribution in [1.82, 2.24) is 20.5 Å². The molecule has 2 heterocycles. The lowest BCUT2D eigenvalue weighted by molar-refractivity contribution is -0.144. The van der Waals surface area contributed by atoms with Gasteiger partial charge in [-0.15, -0.1) is 0 Å². The molecule has 1 saturated heterocycles. The van der Waals surface area contributed by atoms with Crippen molar-refractivity contribution in [2.75, 3.05) is 20.8 Å². The fourth-order valence-electron chi connectivity index (χ4n) is 4.34. The minimum atomic E-state index is -3.41. The van der Waals surface area contributed by atoms with Gasteiger partial charge < -0.3 is 25.0 Å². The maximum absolute atomic E-state index is 14.4. The molecule has 1 aromatic carbocycles. The molecule has 2 atom stereocenters. The summed E-state index contributed by atoms with van der Waals surface area (Å²) in [5, 5.41) is 4.86. The third kappa shape index (κ3) is 7.78. The van der Waals surface area contributed by atoms with Crippen LogP contribution in [0.4, 0.5) is 8.78 Å². The number of pyridine rings is 1. The number of rotatable bonds is 11. The first-order valence-electron chi connectivity index (χ1n) is 12.6. The van der Waals surface area contributed by atoms with Crippen molar-refractivity contribution in [3.8, 4) is 11.5 Å². The highest BCUT2D eigenvalue weighted by atomic mass is 35.5. The van der Waals surface area contributed by atoms with Crippen LogP contribution in [0.1, 0.15) is 41.9 Å². The molecule has 10 nitrogen and oxygen atoms in total. The highest BCUT2D eigenvalue weighted by molar-refractivity contribution is 6.38. The molecule has 2 aromatic rings. The number of allylic oxidation sites excluding steroid dienone is 1. The van der Waals surface area contributed by atoms with Gasteiger partial charge >= 0.3 is 0 Å². The number of likely N-dealkylation sites (tertiary alicyclic amines) is 1. The van der Waals surface area contributed by atoms with Crippen LogP contribution in [0.2, 0.25) is 5.02 Å². The minimum absolute atomic E-state index is 0.0273. The zero-order valence-corrected chi connectivity index (χ0v) is 23.8. The number of amides is 3. The normalized spacial score (nSPS) is 16.5. The molecule has 3 rings (SSSR count). The Balaban J connectivity index is 1.70. The van der Waals surface area contributed by atoms with Gasteiger partial charge in [-0.05, 0) is 37.6 Å². The molecule has 3 amide bonds. The number of hydrogen-bond donors (Lipinski definition) is 2. The summed E-state index contributed by atoms with van der Waals surface area (Å²) < 4.78 is 39.2. The minimum Gasteiger partial charge on any atom is -0.493 e. The average molecular weight is 593 g/mol. The molecule has 1 aliphatic heterocycles. The summed E-state index contributed by atoms with van der Waals surface area (Å²) in [5.41, 5.74) is 1.92. The van der Waals surface area contributed by atoms with Crippen LogP contribution < -0.4 is 20.1 Å². The van der Waals surface area contributed by atoms with Crippen molar-refractivity contribution in [1.29, 1.82) is 0 Å². The summed E-state index contributed by atoms with van der Waals surface area (Å²) in [6, 6.07) is 3.25. The van der Waals surface area contributed by atoms with Crippen molar-refractivity contribution in [3.63, 3.8) is 0 Å². The van der Waals surface area contributed by atoms with E-state index in [-0.39, 0.29) is 17.1 Å². The molecule has 220 valence electrons. The molecule has 1 aromatic heterocycles. The lowest BCUT2D eigenvalue weighted by Gasteiger charge is -2.26. The van der Waals surface area contributed by atoms with Crippen LogP contribution in [-0.2, 0) is 27.3 Å². The molecule has 0 unspecified atom stereocenters. The SMILES string of the molecule is C=C(C)Cc1cc(C(=O)N[C@@H](C)C(=O)N2CC(F)(F)C[C@H]2C(=O)C(=O)NCc2ccc(OC)c(OC)c2)c(Cl)cn1. The van der Waals surface area contributed by atoms with E-state index in [4.69, 9.17) is 21.1 Å². The van der Waals surface area contributed by atoms with E-state index in [0.29, 0.717) is 34.1 Å². The molecule has 0 saturated carbocycles. The lowest BCUT2D eigenvalue weighted by Crippen LogP contribution is -2.52. The topological polar surface area (TPSA) is 127 Å². The van der Waals surface area contributed by atoms with Crippen molar-refractivity contribution in [2.45, 2.75) is 51.2 Å². The smallest absolute Gasteiger partial charge is 0.289 e. The second-order valence-electron chi connectivity index (χ2n) is 9.76. The van der Waals surface area contributed by atoms with Crippen LogP contribution in [0.3, 0.4) is 0 Å². The van der Waals surface area contributed by atoms with E-state index in [2.05, 4.69) is 22.2 Å². The predicted octanol–water partition coefficient (Wildman–Crippen LogP) is 3.11. The number of Topliss-reactive ketones (excluding diaryl/α,β-unsaturated/α-hetero) is 1. The van der Waals surface area contributed by atoms with E-state index in [9.17, 15) is 28.0 Å². The number of nitrogens with zero attached hydrogens (tertiary/aromatic N) is 2. The highest BCUT2D eigenvalue weighted by Crippen LogP contribution is 2.33. The number of alkyl halides is 2. The summed E-state index contributed by atoms with van der Waals surface area (Å²) in [5.74, 6) is -6.57. The van der Waals surface area contributed by atoms with E-state index >= 15 is 0 Å². The Labute approximate surface area is 241 Å². The number of nitrogens with one attached hydrogen (secondary N) is 2. The number of carbonyl (C=O) groups is 4. The Morgan fingerprint density at radius 3 is 2.51 bits per heavy atom. The second-order valence-corrected chi connectivity index (χ2v) is 10.2. The summed E-state index contributed by atoms with van der Waals surface area (Å²) >= 11 is 6.12. The van der Waals surface area contributed by atoms with Crippen LogP contribution in [0.15, 0.2) is 42.6 Å². The van der Waals surface area contributed by atoms with Crippen LogP contribution in [0.5, 0.6) is 11.5 Å². The van der Waals surface area contributed by atoms with Gasteiger partial charge in [0.1, 0.15) is 12.1 Å². The van der Waals surface area contributed by atoms with E-state index in [1.54, 1.807) is 25.1 Å². The third-order valence-corrected chi connectivity index (χ3v) is 6.64. The molecule has 2 N–H and O–H groups in total. The Hall–Kier alpha value is -4.06. The van der Waals surface area contributed by atoms with Gasteiger partial charge in [-0.2, -0.15) is 0 Å². The Bertz CT molecular complexity index is 1370. The summed E-state index contributed by atoms with van der Waals surface area (Å²) in [6.45, 7) is 5.70. The standard InChI is InChI=1S/C28H31ClF2N4O6/c1-15(2)8-18-10-19(20(29)13-32-18)25(37)34-16(3)27(39)35-14-28(30,31)11-21(35)24(36)26(38)33-12-17-6-7-22(40-4)23(9-17)41-5/h6-7,9-10,13,16,21H,1,8,11-12,14H2,2-5H3,(H,33,38)(H,34,37)/t16-,21-/m0/s1. The molecule has 0 spiro atoms. The molecular weight excluding hydrogens is 562 g/mol. The van der Waals surface area contributed by atoms with Gasteiger partial charge in [-0.1, -0.05) is 29.8 Å². The Morgan fingerprint density at radius 2 is 1.88 bits per heavy atom. The fourth-order valence-corrected chi connectivity index (χ4v) is 4.53. The zero-order chi connectivity index (χ0) is 30.5. The number of benzene rings is 1. The summed E-state index contributed by atoms with van der Waals surface area (Å²) in [7, 11) is 2.90. The van der Waals surface area contributed by atoms with E-state index in [1.165, 1.54) is 33.4 Å². The fraction of sp³-hybridized carbons (Fsp3) is 0.393. The van der Waals surface area contributed by atoms with Crippen molar-refractivity contribution in [3.05, 3.63) is 64.5 Å². The lowest BCUT2D eigenvalue weighted by atomic mass is 10.1. The third-order valence-electron chi connectivity index (χ3n) is 6.34. The number of hydrogen-bond acceptors (Lipinski definition) is 7. The second kappa shape index (κ2) is 13.1. The molecule has 1 aliphatic rings. The largest absolute Gasteiger partial charge is 0.493 e. The number of aromatic nitrogens is 1. The van der Waals surface area contributed by atoms with Gasteiger partial charge in [0, 0.05) is 31.3 Å². The molecular formula is C28H31ClF2N4O6. The van der Waals surface area contributed by atoms with Crippen LogP contribution in [0, 0.1) is 0 Å². The monoisotopic (exact) mass is 592 g/mol. The van der Waals surface area contributed by atoms with Crippen molar-refractivity contribution >= 4 is 35.1 Å². The molecule has 1 fully saturated rings. The number of methoxy groups -OCH3 is 2. The van der Waals surface area contributed by atoms with Gasteiger partial charge in [0.05, 0.1) is 31.4 Å². The average Bonchev–Trinajstić information content (AvgIpc) is 3.26. The maximum atomic E-state index is 14.4. The number of ketones is 1. The quantitative estimate of drug-likeness (QED) is 0.303. The van der Waals surface area contributed by atoms with Crippen LogP contribution in [0.25, 0.3) is 0 Å². The number of carbonyl (C=O) groups excluding carboxylic acids is 4. The van der Waals surface area contributed by atoms with Crippen molar-refractivity contribution < 1.29 is 37.4 Å². The van der Waals surface area contributed by atoms with Gasteiger partial charge in [-0.25, -0.2) is 8.78 Å². The van der Waals surface area contributed by atoms with Gasteiger partial charge in [0.15, 0.2) is 11.5 Å². The van der Waals surface area contributed by atoms with E-state index in [0.717, 1.165) is 5.57 Å². The molecule has 41 heavy (non-hydrogen) atoms. The summed E-state index contributed by atoms with van der Waals surface area (Å²) in [4.78, 5) is 56.4. The predicted molar refractivity (Wildman–Crippen MR) is 146 cm³/mol. The first-order chi connectivity index (χ1) is 19.3. The Morgan fingerprint density at radius 1 is 1.20 bits per heavy atom. The van der Waals surface area contributed by atoms with Crippen LogP contribution in [-0.4, -0.2) is 72.2 Å². The maximum Gasteiger partial charge on any atom is 0.289 e. The number of halogens is 3. The molecule has 0 aliphatic carbocycles. The molecule has 13 heteroatoms. The zero-order valence-electron chi connectivity index (χ0n) is 23.1. The Kier molecular flexibility index (Phi) is 10.0. The van der Waals surface area contributed by atoms with Gasteiger partial charge in [-0.3, -0.25) is 24.2 Å². The van der Waals surface area contributed by atoms with Crippen molar-refractivity contribution in [2.24, 2.45) is 0 Å². The number of ether oxygens (including phenoxy) is 2. The van der Waals surface area contributed by atoms with Gasteiger partial charge in [0.2, 0.25) is 11.7 Å². The summed E-state index contributed by atoms with van der Waals surface area (Å²) in [6.07, 6.45) is 0.659. The first-order valence-corrected chi connectivity index (χ1v) is 12.9. The molecule has 0 radical (unpaired) electrons. The van der Waals surface area contributed by atoms with E-state index < -0.39 is 54.5 Å². The van der Waals surface area contributed by atoms with Crippen LogP contribution >= 0.6 is 11.6 Å². The first kappa shape index (κ1) is 31.5.